The van der Waals surface area contributed by atoms with Crippen molar-refractivity contribution in [3.8, 4) is 0 Å². The third kappa shape index (κ3) is 5.74. The second kappa shape index (κ2) is 12.1. The summed E-state index contributed by atoms with van der Waals surface area (Å²) in [4.78, 5) is 14.0. The van der Waals surface area contributed by atoms with Crippen LogP contribution in [0, 0.1) is 23.7 Å². The molecule has 0 radical (unpaired) electrons. The fourth-order valence-electron chi connectivity index (χ4n) is 7.15. The van der Waals surface area contributed by atoms with Crippen molar-refractivity contribution < 1.29 is 39.1 Å². The zero-order valence-corrected chi connectivity index (χ0v) is 25.7. The molecule has 3 N–H and O–H groups in total. The Balaban J connectivity index is 1.54. The molecule has 4 heterocycles. The van der Waals surface area contributed by atoms with Crippen LogP contribution < -0.4 is 0 Å². The number of aliphatic hydroxyl groups excluding tert-OH is 2. The maximum Gasteiger partial charge on any atom is 0.316 e. The van der Waals surface area contributed by atoms with E-state index in [0.29, 0.717) is 36.3 Å². The molecule has 0 aromatic carbocycles. The van der Waals surface area contributed by atoms with Crippen LogP contribution in [0.25, 0.3) is 0 Å². The quantitative estimate of drug-likeness (QED) is 0.325. The summed E-state index contributed by atoms with van der Waals surface area (Å²) in [7, 11) is 0. The molecule has 2 fully saturated rings. The predicted octanol–water partition coefficient (Wildman–Crippen LogP) is 4.31. The SMILES string of the molecule is CC[C@H](C)[C@H]1O[C@]2(C=C[C@@H]1C)C[C@@H]1C[C@@H](C/C=C(/C)[C@@H](O)[C@@H](C)/C=C\C=C3\CO[C@@H]4[C@H](O)C(C)=C[C@@H](C(=O)O1)[C@]34O)O2. The molecule has 8 heteroatoms. The van der Waals surface area contributed by atoms with Crippen molar-refractivity contribution in [3.05, 3.63) is 59.3 Å². The highest BCUT2D eigenvalue weighted by Crippen LogP contribution is 2.47. The van der Waals surface area contributed by atoms with Crippen LogP contribution in [-0.2, 0) is 23.7 Å². The first-order valence-electron chi connectivity index (χ1n) is 15.6. The molecule has 0 unspecified atom stereocenters. The van der Waals surface area contributed by atoms with Crippen molar-refractivity contribution in [2.75, 3.05) is 6.61 Å². The number of ether oxygens (including phenoxy) is 4. The normalized spacial score (nSPS) is 48.3. The lowest BCUT2D eigenvalue weighted by molar-refractivity contribution is -0.300. The van der Waals surface area contributed by atoms with Crippen molar-refractivity contribution in [2.45, 2.75) is 115 Å². The molecule has 232 valence electrons. The third-order valence-corrected chi connectivity index (χ3v) is 10.1. The summed E-state index contributed by atoms with van der Waals surface area (Å²) in [6, 6.07) is 0. The smallest absolute Gasteiger partial charge is 0.316 e. The molecule has 0 aromatic heterocycles. The second-order valence-electron chi connectivity index (χ2n) is 13.2. The molecule has 4 aliphatic heterocycles. The van der Waals surface area contributed by atoms with Crippen LogP contribution in [0.4, 0.5) is 0 Å². The van der Waals surface area contributed by atoms with E-state index in [1.54, 1.807) is 25.2 Å². The molecular formula is C34H48O8. The number of aliphatic hydroxyl groups is 3. The Labute approximate surface area is 249 Å². The van der Waals surface area contributed by atoms with E-state index in [-0.39, 0.29) is 30.7 Å². The number of carbonyl (C=O) groups is 1. The first kappa shape index (κ1) is 31.4. The van der Waals surface area contributed by atoms with E-state index < -0.39 is 47.7 Å². The molecule has 1 aliphatic carbocycles. The lowest BCUT2D eigenvalue weighted by Crippen LogP contribution is -2.58. The standard InChI is InChI=1S/C34H48O8/c1-7-19(2)30-22(5)13-14-33(42-30)17-26-16-25(41-33)12-11-21(4)28(35)20(3)9-8-10-24-18-39-31-29(36)23(6)15-27(32(37)40-26)34(24,31)38/h8-11,13-15,19-20,22,25-31,35-36,38H,7,12,16-18H2,1-6H3/b9-8-,21-11-,24-10-/t19-,20-,22-,25+,26-,27-,28-,29+,30+,31+,33+,34+/m0/s1. The molecule has 5 rings (SSSR count). The fourth-order valence-corrected chi connectivity index (χ4v) is 7.15. The molecule has 2 bridgehead atoms. The molecule has 42 heavy (non-hydrogen) atoms. The number of fused-ring (bicyclic) bond motifs is 2. The average molecular weight is 585 g/mol. The highest BCUT2D eigenvalue weighted by molar-refractivity contribution is 5.78. The van der Waals surface area contributed by atoms with Crippen molar-refractivity contribution in [3.63, 3.8) is 0 Å². The van der Waals surface area contributed by atoms with E-state index in [1.807, 2.05) is 32.1 Å². The third-order valence-electron chi connectivity index (χ3n) is 10.1. The Morgan fingerprint density at radius 1 is 1.05 bits per heavy atom. The Morgan fingerprint density at radius 2 is 1.81 bits per heavy atom. The van der Waals surface area contributed by atoms with Crippen molar-refractivity contribution in [1.82, 2.24) is 0 Å². The highest BCUT2D eigenvalue weighted by Gasteiger charge is 2.60. The van der Waals surface area contributed by atoms with Gasteiger partial charge in [0.05, 0.1) is 24.9 Å². The zero-order chi connectivity index (χ0) is 30.4. The minimum absolute atomic E-state index is 0.0464. The van der Waals surface area contributed by atoms with Crippen LogP contribution in [0.1, 0.15) is 67.2 Å². The van der Waals surface area contributed by atoms with Crippen molar-refractivity contribution in [1.29, 1.82) is 0 Å². The number of rotatable bonds is 2. The Bertz CT molecular complexity index is 1180. The number of esters is 1. The van der Waals surface area contributed by atoms with Gasteiger partial charge in [-0.15, -0.1) is 0 Å². The Morgan fingerprint density at radius 3 is 2.55 bits per heavy atom. The lowest BCUT2D eigenvalue weighted by atomic mass is 9.71. The molecule has 8 nitrogen and oxygen atoms in total. The topological polar surface area (TPSA) is 115 Å². The van der Waals surface area contributed by atoms with E-state index in [4.69, 9.17) is 18.9 Å². The van der Waals surface area contributed by atoms with E-state index in [2.05, 4.69) is 26.8 Å². The first-order chi connectivity index (χ1) is 19.9. The monoisotopic (exact) mass is 584 g/mol. The largest absolute Gasteiger partial charge is 0.462 e. The van der Waals surface area contributed by atoms with Gasteiger partial charge in [0, 0.05) is 24.7 Å². The van der Waals surface area contributed by atoms with Crippen LogP contribution in [-0.4, -0.2) is 75.9 Å². The summed E-state index contributed by atoms with van der Waals surface area (Å²) in [5.41, 5.74) is 0.101. The van der Waals surface area contributed by atoms with Gasteiger partial charge in [-0.25, -0.2) is 0 Å². The summed E-state index contributed by atoms with van der Waals surface area (Å²) in [6.45, 7) is 12.1. The fraction of sp³-hybridized carbons (Fsp3) is 0.676. The van der Waals surface area contributed by atoms with Crippen LogP contribution >= 0.6 is 0 Å². The Kier molecular flexibility index (Phi) is 9.06. The number of hydrogen-bond acceptors (Lipinski definition) is 8. The van der Waals surface area contributed by atoms with E-state index in [9.17, 15) is 20.1 Å². The van der Waals surface area contributed by atoms with Gasteiger partial charge >= 0.3 is 5.97 Å². The molecule has 0 aromatic rings. The minimum atomic E-state index is -1.77. The van der Waals surface area contributed by atoms with E-state index in [0.717, 1.165) is 12.0 Å². The number of carbonyl (C=O) groups excluding carboxylic acids is 1. The molecule has 2 saturated heterocycles. The molecule has 0 amide bonds. The average Bonchev–Trinajstić information content (AvgIpc) is 3.30. The van der Waals surface area contributed by atoms with E-state index in [1.165, 1.54) is 0 Å². The van der Waals surface area contributed by atoms with Crippen LogP contribution in [0.15, 0.2) is 59.3 Å². The number of hydrogen-bond donors (Lipinski definition) is 3. The van der Waals surface area contributed by atoms with Gasteiger partial charge in [0.1, 0.15) is 29.8 Å². The summed E-state index contributed by atoms with van der Waals surface area (Å²) >= 11 is 0. The molecule has 12 atom stereocenters. The van der Waals surface area contributed by atoms with Gasteiger partial charge in [0.15, 0.2) is 5.79 Å². The van der Waals surface area contributed by atoms with Crippen LogP contribution in [0.3, 0.4) is 0 Å². The van der Waals surface area contributed by atoms with Gasteiger partial charge in [-0.3, -0.25) is 4.79 Å². The lowest BCUT2D eigenvalue weighted by Gasteiger charge is -2.48. The zero-order valence-electron chi connectivity index (χ0n) is 25.7. The first-order valence-corrected chi connectivity index (χ1v) is 15.6. The van der Waals surface area contributed by atoms with Gasteiger partial charge in [0.2, 0.25) is 0 Å². The van der Waals surface area contributed by atoms with Gasteiger partial charge in [-0.05, 0) is 49.0 Å². The van der Waals surface area contributed by atoms with Crippen LogP contribution in [0.2, 0.25) is 0 Å². The predicted molar refractivity (Wildman–Crippen MR) is 158 cm³/mol. The van der Waals surface area contributed by atoms with Crippen molar-refractivity contribution >= 4 is 5.97 Å². The van der Waals surface area contributed by atoms with E-state index >= 15 is 0 Å². The molecular weight excluding hydrogens is 536 g/mol. The summed E-state index contributed by atoms with van der Waals surface area (Å²) in [5, 5.41) is 34.0. The number of allylic oxidation sites excluding steroid dienone is 2. The summed E-state index contributed by atoms with van der Waals surface area (Å²) < 4.78 is 25.5. The van der Waals surface area contributed by atoms with Gasteiger partial charge in [-0.2, -0.15) is 0 Å². The molecule has 5 aliphatic rings. The van der Waals surface area contributed by atoms with Gasteiger partial charge in [-0.1, -0.05) is 70.6 Å². The van der Waals surface area contributed by atoms with Gasteiger partial charge in [0.25, 0.3) is 0 Å². The van der Waals surface area contributed by atoms with Crippen molar-refractivity contribution in [2.24, 2.45) is 23.7 Å². The Hall–Kier alpha value is -2.07. The second-order valence-corrected chi connectivity index (χ2v) is 13.2. The maximum absolute atomic E-state index is 14.0. The summed E-state index contributed by atoms with van der Waals surface area (Å²) in [5.74, 6) is -2.35. The molecule has 0 saturated carbocycles. The maximum atomic E-state index is 14.0. The van der Waals surface area contributed by atoms with Gasteiger partial charge < -0.3 is 34.3 Å². The van der Waals surface area contributed by atoms with Crippen LogP contribution in [0.5, 0.6) is 0 Å². The molecule has 1 spiro atoms. The highest BCUT2D eigenvalue weighted by atomic mass is 16.7. The minimum Gasteiger partial charge on any atom is -0.462 e. The summed E-state index contributed by atoms with van der Waals surface area (Å²) in [6.07, 6.45) is 11.7.